The predicted molar refractivity (Wildman–Crippen MR) is 85.7 cm³/mol. The molecule has 1 aromatic rings. The number of hydrogen-bond donors (Lipinski definition) is 2. The lowest BCUT2D eigenvalue weighted by molar-refractivity contribution is 0.114. The van der Waals surface area contributed by atoms with Gasteiger partial charge in [0.05, 0.1) is 11.8 Å². The number of nitrogens with one attached hydrogen (secondary N) is 1. The van der Waals surface area contributed by atoms with Gasteiger partial charge in [0.2, 0.25) is 0 Å². The van der Waals surface area contributed by atoms with Gasteiger partial charge in [-0.25, -0.2) is 4.79 Å². The first-order valence-corrected chi connectivity index (χ1v) is 8.15. The molecule has 0 spiro atoms. The number of aliphatic hydroxyl groups is 1. The summed E-state index contributed by atoms with van der Waals surface area (Å²) in [5.74, 6) is 0.227. The van der Waals surface area contributed by atoms with Crippen LogP contribution in [0.5, 0.6) is 0 Å². The fourth-order valence-corrected chi connectivity index (χ4v) is 3.13. The van der Waals surface area contributed by atoms with E-state index < -0.39 is 0 Å². The molecule has 124 valence electrons. The second kappa shape index (κ2) is 7.63. The Morgan fingerprint density at radius 2 is 2.27 bits per heavy atom. The van der Waals surface area contributed by atoms with Gasteiger partial charge < -0.3 is 15.3 Å². The average Bonchev–Trinajstić information content (AvgIpc) is 3.00. The second-order valence-corrected chi connectivity index (χ2v) is 6.37. The summed E-state index contributed by atoms with van der Waals surface area (Å²) in [6.45, 7) is 6.10. The lowest BCUT2D eigenvalue weighted by Crippen LogP contribution is -2.41. The maximum absolute atomic E-state index is 12.0. The number of aryl methyl sites for hydroxylation is 3. The van der Waals surface area contributed by atoms with E-state index in [0.29, 0.717) is 13.1 Å². The van der Waals surface area contributed by atoms with Crippen molar-refractivity contribution in [2.75, 3.05) is 20.1 Å². The van der Waals surface area contributed by atoms with Crippen LogP contribution in [-0.2, 0) is 6.54 Å². The molecule has 22 heavy (non-hydrogen) atoms. The number of amides is 2. The topological polar surface area (TPSA) is 70.4 Å². The third-order valence-corrected chi connectivity index (χ3v) is 4.40. The zero-order valence-electron chi connectivity index (χ0n) is 13.9. The predicted octanol–water partition coefficient (Wildman–Crippen LogP) is 1.69. The van der Waals surface area contributed by atoms with Crippen molar-refractivity contribution in [2.24, 2.45) is 5.92 Å². The third kappa shape index (κ3) is 4.47. The number of carbonyl (C=O) groups excluding carboxylic acids is 1. The number of hydrogen-bond acceptors (Lipinski definition) is 3. The Labute approximate surface area is 132 Å². The van der Waals surface area contributed by atoms with Crippen molar-refractivity contribution >= 4 is 6.03 Å². The monoisotopic (exact) mass is 308 g/mol. The van der Waals surface area contributed by atoms with Crippen LogP contribution in [0.15, 0.2) is 6.07 Å². The Kier molecular flexibility index (Phi) is 5.83. The van der Waals surface area contributed by atoms with E-state index in [0.717, 1.165) is 43.6 Å². The summed E-state index contributed by atoms with van der Waals surface area (Å²) in [5, 5.41) is 17.2. The van der Waals surface area contributed by atoms with Gasteiger partial charge in [0.15, 0.2) is 0 Å². The summed E-state index contributed by atoms with van der Waals surface area (Å²) in [5.41, 5.74) is 2.17. The molecule has 2 rings (SSSR count). The molecule has 1 aliphatic rings. The molecule has 2 N–H and O–H groups in total. The molecular weight excluding hydrogens is 280 g/mol. The minimum Gasteiger partial charge on any atom is -0.393 e. The van der Waals surface area contributed by atoms with Crippen LogP contribution >= 0.6 is 0 Å². The van der Waals surface area contributed by atoms with Crippen LogP contribution in [0, 0.1) is 19.8 Å². The molecular formula is C16H28N4O2. The highest BCUT2D eigenvalue weighted by Gasteiger charge is 2.27. The van der Waals surface area contributed by atoms with Crippen LogP contribution in [0.1, 0.15) is 37.1 Å². The van der Waals surface area contributed by atoms with E-state index in [2.05, 4.69) is 16.5 Å². The number of carbonyl (C=O) groups is 1. The van der Waals surface area contributed by atoms with Crippen LogP contribution < -0.4 is 5.32 Å². The van der Waals surface area contributed by atoms with E-state index in [1.807, 2.05) is 18.5 Å². The Bertz CT molecular complexity index is 500. The molecule has 2 unspecified atom stereocenters. The van der Waals surface area contributed by atoms with E-state index >= 15 is 0 Å². The fraction of sp³-hybridized carbons (Fsp3) is 0.750. The Balaban J connectivity index is 1.65. The first-order chi connectivity index (χ1) is 10.5. The van der Waals surface area contributed by atoms with Crippen molar-refractivity contribution in [3.05, 3.63) is 17.5 Å². The maximum atomic E-state index is 12.0. The van der Waals surface area contributed by atoms with Crippen molar-refractivity contribution in [2.45, 2.75) is 52.2 Å². The van der Waals surface area contributed by atoms with E-state index in [4.69, 9.17) is 0 Å². The highest BCUT2D eigenvalue weighted by molar-refractivity contribution is 5.73. The minimum absolute atomic E-state index is 0.0625. The lowest BCUT2D eigenvalue weighted by atomic mass is 10.1. The quantitative estimate of drug-likeness (QED) is 0.786. The molecule has 0 aromatic carbocycles. The summed E-state index contributed by atoms with van der Waals surface area (Å²) < 4.78 is 1.97. The molecule has 0 saturated heterocycles. The number of aliphatic hydroxyl groups excluding tert-OH is 1. The van der Waals surface area contributed by atoms with E-state index in [-0.39, 0.29) is 18.1 Å². The SMILES string of the molecule is Cc1cc(C)n(CCCNC(=O)N(C)CC2CCCC2O)n1. The van der Waals surface area contributed by atoms with Gasteiger partial charge in [0.25, 0.3) is 0 Å². The van der Waals surface area contributed by atoms with Gasteiger partial charge in [-0.2, -0.15) is 5.10 Å². The summed E-state index contributed by atoms with van der Waals surface area (Å²) in [6, 6.07) is 1.99. The summed E-state index contributed by atoms with van der Waals surface area (Å²) >= 11 is 0. The largest absolute Gasteiger partial charge is 0.393 e. The number of urea groups is 1. The number of nitrogens with zero attached hydrogens (tertiary/aromatic N) is 3. The van der Waals surface area contributed by atoms with Crippen molar-refractivity contribution in [3.8, 4) is 0 Å². The van der Waals surface area contributed by atoms with Gasteiger partial charge in [-0.05, 0) is 39.2 Å². The first-order valence-electron chi connectivity index (χ1n) is 8.15. The van der Waals surface area contributed by atoms with E-state index in [1.165, 1.54) is 0 Å². The van der Waals surface area contributed by atoms with Crippen molar-refractivity contribution in [1.29, 1.82) is 0 Å². The highest BCUT2D eigenvalue weighted by atomic mass is 16.3. The molecule has 6 nitrogen and oxygen atoms in total. The standard InChI is InChI=1S/C16H28N4O2/c1-12-10-13(2)20(18-12)9-5-8-17-16(22)19(3)11-14-6-4-7-15(14)21/h10,14-15,21H,4-9,11H2,1-3H3,(H,17,22). The van der Waals surface area contributed by atoms with E-state index in [9.17, 15) is 9.90 Å². The molecule has 6 heteroatoms. The van der Waals surface area contributed by atoms with Crippen molar-refractivity contribution < 1.29 is 9.90 Å². The number of aromatic nitrogens is 2. The fourth-order valence-electron chi connectivity index (χ4n) is 3.13. The van der Waals surface area contributed by atoms with Crippen LogP contribution in [0.25, 0.3) is 0 Å². The first kappa shape index (κ1) is 16.8. The summed E-state index contributed by atoms with van der Waals surface area (Å²) in [6.07, 6.45) is 3.54. The Morgan fingerprint density at radius 1 is 1.50 bits per heavy atom. The number of rotatable bonds is 6. The maximum Gasteiger partial charge on any atom is 0.317 e. The van der Waals surface area contributed by atoms with Crippen LogP contribution in [-0.4, -0.2) is 52.1 Å². The molecule has 0 radical (unpaired) electrons. The van der Waals surface area contributed by atoms with Crippen molar-refractivity contribution in [1.82, 2.24) is 20.0 Å². The average molecular weight is 308 g/mol. The van der Waals surface area contributed by atoms with Gasteiger partial charge in [0, 0.05) is 38.3 Å². The zero-order valence-corrected chi connectivity index (χ0v) is 13.9. The lowest BCUT2D eigenvalue weighted by Gasteiger charge is -2.23. The summed E-state index contributed by atoms with van der Waals surface area (Å²) in [7, 11) is 1.79. The van der Waals surface area contributed by atoms with Gasteiger partial charge in [-0.1, -0.05) is 6.42 Å². The van der Waals surface area contributed by atoms with Gasteiger partial charge in [-0.15, -0.1) is 0 Å². The Hall–Kier alpha value is -1.56. The van der Waals surface area contributed by atoms with E-state index in [1.54, 1.807) is 11.9 Å². The molecule has 1 fully saturated rings. The molecule has 2 amide bonds. The zero-order chi connectivity index (χ0) is 16.1. The van der Waals surface area contributed by atoms with Crippen molar-refractivity contribution in [3.63, 3.8) is 0 Å². The highest BCUT2D eigenvalue weighted by Crippen LogP contribution is 2.25. The molecule has 1 aliphatic carbocycles. The molecule has 1 saturated carbocycles. The molecule has 1 aromatic heterocycles. The molecule has 2 atom stereocenters. The van der Waals surface area contributed by atoms with Gasteiger partial charge in [0.1, 0.15) is 0 Å². The molecule has 0 bridgehead atoms. The second-order valence-electron chi connectivity index (χ2n) is 6.37. The van der Waals surface area contributed by atoms with Crippen LogP contribution in [0.2, 0.25) is 0 Å². The van der Waals surface area contributed by atoms with Crippen LogP contribution in [0.3, 0.4) is 0 Å². The normalized spacial score (nSPS) is 21.1. The van der Waals surface area contributed by atoms with Crippen LogP contribution in [0.4, 0.5) is 4.79 Å². The molecule has 0 aliphatic heterocycles. The van der Waals surface area contributed by atoms with Gasteiger partial charge >= 0.3 is 6.03 Å². The molecule has 1 heterocycles. The summed E-state index contributed by atoms with van der Waals surface area (Å²) in [4.78, 5) is 13.7. The Morgan fingerprint density at radius 3 is 2.86 bits per heavy atom. The minimum atomic E-state index is -0.249. The third-order valence-electron chi connectivity index (χ3n) is 4.40. The smallest absolute Gasteiger partial charge is 0.317 e. The van der Waals surface area contributed by atoms with Gasteiger partial charge in [-0.3, -0.25) is 4.68 Å².